The molecule has 0 spiro atoms. The Morgan fingerprint density at radius 2 is 1.52 bits per heavy atom. The molecule has 0 aliphatic rings. The Labute approximate surface area is 124 Å². The maximum atomic E-state index is 12.3. The first-order valence-corrected chi connectivity index (χ1v) is 7.69. The van der Waals surface area contributed by atoms with Gasteiger partial charge in [0.15, 0.2) is 5.69 Å². The zero-order valence-corrected chi connectivity index (χ0v) is 12.5. The van der Waals surface area contributed by atoms with Crippen LogP contribution in [0.2, 0.25) is 0 Å². The highest BCUT2D eigenvalue weighted by atomic mass is 19.4. The molecular formula is C15H24F3N3. The van der Waals surface area contributed by atoms with Crippen molar-refractivity contribution in [1.82, 2.24) is 10.2 Å². The van der Waals surface area contributed by atoms with E-state index in [9.17, 15) is 13.2 Å². The molecule has 0 saturated heterocycles. The predicted octanol–water partition coefficient (Wildman–Crippen LogP) is 5.05. The van der Waals surface area contributed by atoms with Crippen LogP contribution < -0.4 is 5.32 Å². The standard InChI is InChI=1S/C15H24F3N3/c1-2-3-4-5-6-7-8-9-12-19-14-11-10-13(20-21-14)15(16,17)18/h10-11H,2-9,12H2,1H3,(H,19,21). The molecule has 120 valence electrons. The molecule has 0 aliphatic carbocycles. The number of anilines is 1. The lowest BCUT2D eigenvalue weighted by Gasteiger charge is -2.07. The maximum Gasteiger partial charge on any atom is 0.435 e. The molecule has 1 heterocycles. The van der Waals surface area contributed by atoms with Crippen LogP contribution in [0.3, 0.4) is 0 Å². The van der Waals surface area contributed by atoms with Crippen LogP contribution in [0.25, 0.3) is 0 Å². The van der Waals surface area contributed by atoms with Crippen molar-refractivity contribution in [3.05, 3.63) is 17.8 Å². The Kier molecular flexibility index (Phi) is 8.08. The van der Waals surface area contributed by atoms with Gasteiger partial charge in [-0.1, -0.05) is 51.9 Å². The van der Waals surface area contributed by atoms with Crippen LogP contribution >= 0.6 is 0 Å². The van der Waals surface area contributed by atoms with Gasteiger partial charge in [-0.05, 0) is 18.6 Å². The third kappa shape index (κ3) is 7.87. The molecule has 6 heteroatoms. The van der Waals surface area contributed by atoms with E-state index in [0.717, 1.165) is 25.5 Å². The Morgan fingerprint density at radius 1 is 0.905 bits per heavy atom. The second kappa shape index (κ2) is 9.58. The van der Waals surface area contributed by atoms with Gasteiger partial charge in [0.1, 0.15) is 5.82 Å². The van der Waals surface area contributed by atoms with Crippen molar-refractivity contribution in [1.29, 1.82) is 0 Å². The van der Waals surface area contributed by atoms with E-state index >= 15 is 0 Å². The molecule has 0 saturated carbocycles. The maximum absolute atomic E-state index is 12.3. The number of hydrogen-bond acceptors (Lipinski definition) is 3. The van der Waals surface area contributed by atoms with Gasteiger partial charge in [0.2, 0.25) is 0 Å². The molecule has 1 N–H and O–H groups in total. The van der Waals surface area contributed by atoms with Gasteiger partial charge in [-0.25, -0.2) is 0 Å². The summed E-state index contributed by atoms with van der Waals surface area (Å²) in [5.74, 6) is 0.394. The SMILES string of the molecule is CCCCCCCCCCNc1ccc(C(F)(F)F)nn1. The van der Waals surface area contributed by atoms with Crippen molar-refractivity contribution in [3.8, 4) is 0 Å². The van der Waals surface area contributed by atoms with Gasteiger partial charge in [0.25, 0.3) is 0 Å². The third-order valence-electron chi connectivity index (χ3n) is 3.29. The van der Waals surface area contributed by atoms with Gasteiger partial charge < -0.3 is 5.32 Å². The second-order valence-corrected chi connectivity index (χ2v) is 5.20. The van der Waals surface area contributed by atoms with Gasteiger partial charge in [0, 0.05) is 6.54 Å². The molecule has 0 aliphatic heterocycles. The van der Waals surface area contributed by atoms with Crippen LogP contribution in [0, 0.1) is 0 Å². The van der Waals surface area contributed by atoms with Crippen LogP contribution in [-0.2, 0) is 6.18 Å². The first-order chi connectivity index (χ1) is 10.0. The van der Waals surface area contributed by atoms with Crippen molar-refractivity contribution in [2.75, 3.05) is 11.9 Å². The number of nitrogens with zero attached hydrogens (tertiary/aromatic N) is 2. The number of rotatable bonds is 10. The fraction of sp³-hybridized carbons (Fsp3) is 0.733. The summed E-state index contributed by atoms with van der Waals surface area (Å²) in [6.07, 6.45) is 5.37. The Balaban J connectivity index is 2.08. The van der Waals surface area contributed by atoms with Gasteiger partial charge in [-0.15, -0.1) is 10.2 Å². The van der Waals surface area contributed by atoms with Crippen LogP contribution in [0.1, 0.15) is 64.0 Å². The van der Waals surface area contributed by atoms with E-state index in [4.69, 9.17) is 0 Å². The Hall–Kier alpha value is -1.33. The lowest BCUT2D eigenvalue weighted by atomic mass is 10.1. The fourth-order valence-corrected chi connectivity index (χ4v) is 2.05. The number of aromatic nitrogens is 2. The minimum atomic E-state index is -4.43. The summed E-state index contributed by atoms with van der Waals surface area (Å²) in [5.41, 5.74) is -0.958. The van der Waals surface area contributed by atoms with Gasteiger partial charge in [-0.3, -0.25) is 0 Å². The van der Waals surface area contributed by atoms with Crippen molar-refractivity contribution in [2.45, 2.75) is 64.5 Å². The summed E-state index contributed by atoms with van der Waals surface area (Å²) in [6.45, 7) is 2.92. The largest absolute Gasteiger partial charge is 0.435 e. The summed E-state index contributed by atoms with van der Waals surface area (Å²) < 4.78 is 36.9. The van der Waals surface area contributed by atoms with Crippen molar-refractivity contribution >= 4 is 5.82 Å². The lowest BCUT2D eigenvalue weighted by Crippen LogP contribution is -2.11. The van der Waals surface area contributed by atoms with Crippen molar-refractivity contribution in [3.63, 3.8) is 0 Å². The molecule has 0 atom stereocenters. The molecule has 0 bridgehead atoms. The predicted molar refractivity (Wildman–Crippen MR) is 78.1 cm³/mol. The highest BCUT2D eigenvalue weighted by Crippen LogP contribution is 2.27. The molecule has 0 aromatic carbocycles. The number of alkyl halides is 3. The Morgan fingerprint density at radius 3 is 2.05 bits per heavy atom. The summed E-state index contributed by atoms with van der Waals surface area (Å²) >= 11 is 0. The van der Waals surface area contributed by atoms with E-state index < -0.39 is 11.9 Å². The van der Waals surface area contributed by atoms with Crippen LogP contribution in [-0.4, -0.2) is 16.7 Å². The van der Waals surface area contributed by atoms with Crippen LogP contribution in [0.5, 0.6) is 0 Å². The van der Waals surface area contributed by atoms with Crippen molar-refractivity contribution < 1.29 is 13.2 Å². The smallest absolute Gasteiger partial charge is 0.369 e. The van der Waals surface area contributed by atoms with Gasteiger partial charge in [-0.2, -0.15) is 13.2 Å². The average Bonchev–Trinajstić information content (AvgIpc) is 2.45. The number of halogens is 3. The lowest BCUT2D eigenvalue weighted by molar-refractivity contribution is -0.141. The highest BCUT2D eigenvalue weighted by Gasteiger charge is 2.32. The quantitative estimate of drug-likeness (QED) is 0.615. The van der Waals surface area contributed by atoms with Crippen LogP contribution in [0.15, 0.2) is 12.1 Å². The molecule has 21 heavy (non-hydrogen) atoms. The van der Waals surface area contributed by atoms with E-state index in [0.29, 0.717) is 5.82 Å². The summed E-state index contributed by atoms with van der Waals surface area (Å²) in [5, 5.41) is 9.69. The first kappa shape index (κ1) is 17.7. The number of nitrogens with one attached hydrogen (secondary N) is 1. The summed E-state index contributed by atoms with van der Waals surface area (Å²) in [6, 6.07) is 2.27. The second-order valence-electron chi connectivity index (χ2n) is 5.20. The molecule has 3 nitrogen and oxygen atoms in total. The molecular weight excluding hydrogens is 279 g/mol. The molecule has 1 aromatic rings. The number of hydrogen-bond donors (Lipinski definition) is 1. The fourth-order valence-electron chi connectivity index (χ4n) is 2.05. The van der Waals surface area contributed by atoms with E-state index in [1.165, 1.54) is 44.6 Å². The van der Waals surface area contributed by atoms with Crippen molar-refractivity contribution in [2.24, 2.45) is 0 Å². The van der Waals surface area contributed by atoms with Gasteiger partial charge >= 0.3 is 6.18 Å². The van der Waals surface area contributed by atoms with E-state index in [-0.39, 0.29) is 0 Å². The third-order valence-corrected chi connectivity index (χ3v) is 3.29. The topological polar surface area (TPSA) is 37.8 Å². The number of unbranched alkanes of at least 4 members (excludes halogenated alkanes) is 7. The first-order valence-electron chi connectivity index (χ1n) is 7.69. The Bertz CT molecular complexity index is 377. The highest BCUT2D eigenvalue weighted by molar-refractivity contribution is 5.33. The normalized spacial score (nSPS) is 11.6. The molecule has 1 aromatic heterocycles. The van der Waals surface area contributed by atoms with Crippen LogP contribution in [0.4, 0.5) is 19.0 Å². The molecule has 0 amide bonds. The monoisotopic (exact) mass is 303 g/mol. The summed E-state index contributed by atoms with van der Waals surface area (Å²) in [7, 11) is 0. The average molecular weight is 303 g/mol. The zero-order valence-electron chi connectivity index (χ0n) is 12.5. The van der Waals surface area contributed by atoms with Gasteiger partial charge in [0.05, 0.1) is 0 Å². The minimum absolute atomic E-state index is 0.394. The summed E-state index contributed by atoms with van der Waals surface area (Å²) in [4.78, 5) is 0. The zero-order chi connectivity index (χ0) is 15.6. The van der Waals surface area contributed by atoms with E-state index in [1.54, 1.807) is 0 Å². The molecule has 0 radical (unpaired) electrons. The molecule has 0 unspecified atom stereocenters. The molecule has 0 fully saturated rings. The van der Waals surface area contributed by atoms with E-state index in [2.05, 4.69) is 22.4 Å². The molecule has 1 rings (SSSR count). The minimum Gasteiger partial charge on any atom is -0.369 e. The van der Waals surface area contributed by atoms with E-state index in [1.807, 2.05) is 0 Å².